The van der Waals surface area contributed by atoms with Gasteiger partial charge in [-0.1, -0.05) is 48.5 Å². The maximum atomic E-state index is 12.3. The first-order valence-corrected chi connectivity index (χ1v) is 10.5. The molecule has 0 saturated carbocycles. The van der Waals surface area contributed by atoms with Crippen molar-refractivity contribution < 1.29 is 18.3 Å². The van der Waals surface area contributed by atoms with Gasteiger partial charge in [-0.05, 0) is 12.1 Å². The summed E-state index contributed by atoms with van der Waals surface area (Å²) in [4.78, 5) is 12.5. The van der Waals surface area contributed by atoms with Crippen LogP contribution in [-0.4, -0.2) is 41.6 Å². The van der Waals surface area contributed by atoms with Crippen molar-refractivity contribution in [1.29, 1.82) is 0 Å². The number of carbonyl (C=O) groups excluding carboxylic acids is 1. The minimum atomic E-state index is -3.53. The van der Waals surface area contributed by atoms with Crippen molar-refractivity contribution in [3.63, 3.8) is 0 Å². The van der Waals surface area contributed by atoms with Gasteiger partial charge in [0.25, 0.3) is 0 Å². The van der Waals surface area contributed by atoms with Gasteiger partial charge in [-0.2, -0.15) is 5.10 Å². The molecule has 8 heteroatoms. The Balaban J connectivity index is 1.70. The quantitative estimate of drug-likeness (QED) is 0.605. The van der Waals surface area contributed by atoms with Crippen LogP contribution in [-0.2, 0) is 21.2 Å². The summed E-state index contributed by atoms with van der Waals surface area (Å²) in [6.07, 6.45) is -0.178. The fourth-order valence-corrected chi connectivity index (χ4v) is 3.97. The molecule has 0 bridgehead atoms. The van der Waals surface area contributed by atoms with Gasteiger partial charge in [-0.3, -0.25) is 4.79 Å². The van der Waals surface area contributed by atoms with Crippen LogP contribution >= 0.6 is 0 Å². The highest BCUT2D eigenvalue weighted by Gasteiger charge is 2.17. The molecule has 1 amide bonds. The SMILES string of the molecule is O=C(CCS(=O)(=O)c1ccccc1)Nc1cc(-c2ccccc2)nn1CCO. The highest BCUT2D eigenvalue weighted by molar-refractivity contribution is 7.91. The lowest BCUT2D eigenvalue weighted by atomic mass is 10.1. The zero-order valence-electron chi connectivity index (χ0n) is 15.2. The third-order valence-corrected chi connectivity index (χ3v) is 5.86. The largest absolute Gasteiger partial charge is 0.394 e. The van der Waals surface area contributed by atoms with E-state index in [-0.39, 0.29) is 30.2 Å². The second-order valence-corrected chi connectivity index (χ2v) is 8.27. The maximum absolute atomic E-state index is 12.3. The molecule has 0 aliphatic heterocycles. The number of nitrogens with zero attached hydrogens (tertiary/aromatic N) is 2. The van der Waals surface area contributed by atoms with Gasteiger partial charge in [-0.15, -0.1) is 0 Å². The Morgan fingerprint density at radius 2 is 1.68 bits per heavy atom. The van der Waals surface area contributed by atoms with Gasteiger partial charge in [-0.25, -0.2) is 13.1 Å². The number of sulfone groups is 1. The van der Waals surface area contributed by atoms with Crippen molar-refractivity contribution in [1.82, 2.24) is 9.78 Å². The molecule has 0 fully saturated rings. The summed E-state index contributed by atoms with van der Waals surface area (Å²) < 4.78 is 26.1. The smallest absolute Gasteiger partial charge is 0.226 e. The monoisotopic (exact) mass is 399 g/mol. The summed E-state index contributed by atoms with van der Waals surface area (Å²) >= 11 is 0. The first-order chi connectivity index (χ1) is 13.5. The molecule has 0 aliphatic rings. The van der Waals surface area contributed by atoms with E-state index in [9.17, 15) is 18.3 Å². The topological polar surface area (TPSA) is 101 Å². The summed E-state index contributed by atoms with van der Waals surface area (Å²) in [6.45, 7) is 0.0753. The number of carbonyl (C=O) groups is 1. The molecule has 0 unspecified atom stereocenters. The third-order valence-electron chi connectivity index (χ3n) is 4.13. The number of aromatic nitrogens is 2. The molecule has 28 heavy (non-hydrogen) atoms. The van der Waals surface area contributed by atoms with Gasteiger partial charge >= 0.3 is 0 Å². The Kier molecular flexibility index (Phi) is 6.23. The van der Waals surface area contributed by atoms with Gasteiger partial charge in [0, 0.05) is 18.1 Å². The molecule has 2 aromatic carbocycles. The molecule has 3 aromatic rings. The predicted octanol–water partition coefficient (Wildman–Crippen LogP) is 2.34. The van der Waals surface area contributed by atoms with Crippen LogP contribution in [0.3, 0.4) is 0 Å². The number of aliphatic hydroxyl groups is 1. The van der Waals surface area contributed by atoms with Crippen molar-refractivity contribution in [3.05, 3.63) is 66.7 Å². The van der Waals surface area contributed by atoms with Gasteiger partial charge in [0.1, 0.15) is 5.82 Å². The van der Waals surface area contributed by atoms with E-state index in [0.29, 0.717) is 11.5 Å². The summed E-state index contributed by atoms with van der Waals surface area (Å²) in [7, 11) is -3.53. The van der Waals surface area contributed by atoms with Crippen molar-refractivity contribution in [2.24, 2.45) is 0 Å². The molecular formula is C20H21N3O4S. The van der Waals surface area contributed by atoms with E-state index in [4.69, 9.17) is 0 Å². The van der Waals surface area contributed by atoms with E-state index < -0.39 is 15.7 Å². The predicted molar refractivity (Wildman–Crippen MR) is 106 cm³/mol. The summed E-state index contributed by atoms with van der Waals surface area (Å²) in [5, 5.41) is 16.3. The molecule has 0 spiro atoms. The zero-order valence-corrected chi connectivity index (χ0v) is 16.0. The molecule has 3 rings (SSSR count). The fraction of sp³-hybridized carbons (Fsp3) is 0.200. The van der Waals surface area contributed by atoms with Crippen LogP contribution in [0.2, 0.25) is 0 Å². The van der Waals surface area contributed by atoms with E-state index in [1.54, 1.807) is 24.3 Å². The van der Waals surface area contributed by atoms with Crippen molar-refractivity contribution in [2.45, 2.75) is 17.9 Å². The number of nitrogens with one attached hydrogen (secondary N) is 1. The highest BCUT2D eigenvalue weighted by Crippen LogP contribution is 2.22. The average Bonchev–Trinajstić information content (AvgIpc) is 3.11. The van der Waals surface area contributed by atoms with Gasteiger partial charge < -0.3 is 10.4 Å². The average molecular weight is 399 g/mol. The number of hydrogen-bond acceptors (Lipinski definition) is 5. The molecule has 7 nitrogen and oxygen atoms in total. The number of anilines is 1. The maximum Gasteiger partial charge on any atom is 0.226 e. The number of rotatable bonds is 8. The van der Waals surface area contributed by atoms with Crippen molar-refractivity contribution in [3.8, 4) is 11.3 Å². The minimum Gasteiger partial charge on any atom is -0.394 e. The van der Waals surface area contributed by atoms with Gasteiger partial charge in [0.2, 0.25) is 5.91 Å². The van der Waals surface area contributed by atoms with Gasteiger partial charge in [0.05, 0.1) is 29.5 Å². The molecule has 146 valence electrons. The summed E-state index contributed by atoms with van der Waals surface area (Å²) in [5.41, 5.74) is 1.53. The first kappa shape index (κ1) is 19.8. The molecule has 2 N–H and O–H groups in total. The Bertz CT molecular complexity index is 1030. The second-order valence-electron chi connectivity index (χ2n) is 6.16. The summed E-state index contributed by atoms with van der Waals surface area (Å²) in [5.74, 6) is -0.309. The number of amides is 1. The lowest BCUT2D eigenvalue weighted by molar-refractivity contribution is -0.115. The summed E-state index contributed by atoms with van der Waals surface area (Å²) in [6, 6.07) is 19.2. The van der Waals surface area contributed by atoms with E-state index >= 15 is 0 Å². The molecule has 1 aromatic heterocycles. The fourth-order valence-electron chi connectivity index (χ4n) is 2.71. The van der Waals surface area contributed by atoms with Crippen LogP contribution in [0.25, 0.3) is 11.3 Å². The van der Waals surface area contributed by atoms with E-state index in [0.717, 1.165) is 5.56 Å². The molecule has 0 saturated heterocycles. The second kappa shape index (κ2) is 8.81. The minimum absolute atomic E-state index is 0.138. The van der Waals surface area contributed by atoms with Crippen LogP contribution in [0.1, 0.15) is 6.42 Å². The Morgan fingerprint density at radius 3 is 2.32 bits per heavy atom. The number of aliphatic hydroxyl groups excluding tert-OH is 1. The Labute approximate surface area is 163 Å². The molecule has 0 aliphatic carbocycles. The van der Waals surface area contributed by atoms with Crippen LogP contribution in [0.15, 0.2) is 71.6 Å². The van der Waals surface area contributed by atoms with Crippen molar-refractivity contribution >= 4 is 21.6 Å². The molecular weight excluding hydrogens is 378 g/mol. The van der Waals surface area contributed by atoms with Crippen LogP contribution in [0, 0.1) is 0 Å². The number of hydrogen-bond donors (Lipinski definition) is 2. The standard InChI is InChI=1S/C20H21N3O4S/c24-13-12-23-19(15-18(22-23)16-7-3-1-4-8-16)21-20(25)11-14-28(26,27)17-9-5-2-6-10-17/h1-10,15,24H,11-14H2,(H,21,25). The van der Waals surface area contributed by atoms with Gasteiger partial charge in [0.15, 0.2) is 9.84 Å². The van der Waals surface area contributed by atoms with Crippen molar-refractivity contribution in [2.75, 3.05) is 17.7 Å². The first-order valence-electron chi connectivity index (χ1n) is 8.81. The van der Waals surface area contributed by atoms with E-state index in [1.807, 2.05) is 30.3 Å². The van der Waals surface area contributed by atoms with Crippen LogP contribution in [0.5, 0.6) is 0 Å². The molecule has 1 heterocycles. The molecule has 0 radical (unpaired) electrons. The third kappa shape index (κ3) is 4.85. The van der Waals surface area contributed by atoms with E-state index in [2.05, 4.69) is 10.4 Å². The van der Waals surface area contributed by atoms with Crippen LogP contribution < -0.4 is 5.32 Å². The zero-order chi connectivity index (χ0) is 20.0. The number of benzene rings is 2. The van der Waals surface area contributed by atoms with Crippen LogP contribution in [0.4, 0.5) is 5.82 Å². The lowest BCUT2D eigenvalue weighted by Crippen LogP contribution is -2.20. The van der Waals surface area contributed by atoms with E-state index in [1.165, 1.54) is 16.8 Å². The highest BCUT2D eigenvalue weighted by atomic mass is 32.2. The Hall–Kier alpha value is -2.97. The normalized spacial score (nSPS) is 11.3. The Morgan fingerprint density at radius 1 is 1.04 bits per heavy atom. The molecule has 0 atom stereocenters. The lowest BCUT2D eigenvalue weighted by Gasteiger charge is -2.08.